The Morgan fingerprint density at radius 3 is 2.41 bits per heavy atom. The summed E-state index contributed by atoms with van der Waals surface area (Å²) in [7, 11) is 0. The van der Waals surface area contributed by atoms with Crippen LogP contribution in [0.4, 0.5) is 21.7 Å². The molecule has 1 amide bonds. The van der Waals surface area contributed by atoms with Gasteiger partial charge in [-0.15, -0.1) is 0 Å². The van der Waals surface area contributed by atoms with Crippen LogP contribution in [-0.2, 0) is 0 Å². The molecule has 0 spiro atoms. The number of hydrogen-bond acceptors (Lipinski definition) is 5. The van der Waals surface area contributed by atoms with E-state index in [1.807, 2.05) is 0 Å². The molecule has 1 heterocycles. The van der Waals surface area contributed by atoms with Gasteiger partial charge in [-0.1, -0.05) is 23.7 Å². The summed E-state index contributed by atoms with van der Waals surface area (Å²) in [5, 5.41) is 5.53. The van der Waals surface area contributed by atoms with Crippen molar-refractivity contribution in [3.05, 3.63) is 76.8 Å². The summed E-state index contributed by atoms with van der Waals surface area (Å²) in [5.41, 5.74) is 1.75. The summed E-state index contributed by atoms with van der Waals surface area (Å²) >= 11 is 5.72. The second-order valence-electron chi connectivity index (χ2n) is 5.64. The highest BCUT2D eigenvalue weighted by molar-refractivity contribution is 6.31. The molecule has 3 aromatic rings. The van der Waals surface area contributed by atoms with Crippen molar-refractivity contribution in [2.24, 2.45) is 0 Å². The predicted octanol–water partition coefficient (Wildman–Crippen LogP) is 4.47. The maximum absolute atomic E-state index is 13.2. The van der Waals surface area contributed by atoms with E-state index in [0.717, 1.165) is 0 Å². The van der Waals surface area contributed by atoms with Gasteiger partial charge in [0.25, 0.3) is 5.91 Å². The molecule has 6 nitrogen and oxygen atoms in total. The molecule has 0 fully saturated rings. The third-order valence-electron chi connectivity index (χ3n) is 3.62. The van der Waals surface area contributed by atoms with Crippen LogP contribution in [0.25, 0.3) is 0 Å². The number of anilines is 3. The Kier molecular flexibility index (Phi) is 5.42. The van der Waals surface area contributed by atoms with Gasteiger partial charge in [-0.2, -0.15) is 0 Å². The molecule has 2 aromatic carbocycles. The number of nitrogens with zero attached hydrogens (tertiary/aromatic N) is 2. The van der Waals surface area contributed by atoms with Gasteiger partial charge in [0.2, 0.25) is 5.95 Å². The van der Waals surface area contributed by atoms with Crippen LogP contribution in [0.15, 0.2) is 54.9 Å². The maximum atomic E-state index is 13.2. The van der Waals surface area contributed by atoms with Crippen molar-refractivity contribution in [3.63, 3.8) is 0 Å². The van der Waals surface area contributed by atoms with Crippen LogP contribution in [0.5, 0.6) is 0 Å². The number of halogens is 2. The molecule has 0 aliphatic carbocycles. The summed E-state index contributed by atoms with van der Waals surface area (Å²) in [6.45, 7) is 1.45. The Labute approximate surface area is 159 Å². The van der Waals surface area contributed by atoms with Gasteiger partial charge >= 0.3 is 0 Å². The second kappa shape index (κ2) is 7.92. The number of Topliss-reactive ketones (excluding diaryl/α,β-unsaturated/α-hetero) is 1. The largest absolute Gasteiger partial charge is 0.324 e. The van der Waals surface area contributed by atoms with Gasteiger partial charge < -0.3 is 10.6 Å². The molecule has 3 rings (SSSR count). The van der Waals surface area contributed by atoms with Crippen molar-refractivity contribution in [2.75, 3.05) is 10.6 Å². The molecule has 0 unspecified atom stereocenters. The minimum atomic E-state index is -0.524. The number of carbonyl (C=O) groups is 2. The van der Waals surface area contributed by atoms with Crippen molar-refractivity contribution >= 4 is 40.6 Å². The van der Waals surface area contributed by atoms with E-state index >= 15 is 0 Å². The monoisotopic (exact) mass is 384 g/mol. The topological polar surface area (TPSA) is 84.0 Å². The molecule has 1 aromatic heterocycles. The molecule has 8 heteroatoms. The molecule has 0 saturated heterocycles. The summed E-state index contributed by atoms with van der Waals surface area (Å²) in [4.78, 5) is 31.8. The molecular formula is C19H14ClFN4O2. The standard InChI is InChI=1S/C19H14ClFN4O2/c1-11(26)12-3-2-4-14(7-12)24-18(27)13-9-22-19(23-10-13)25-15-5-6-17(21)16(20)8-15/h2-10H,1H3,(H,24,27)(H,22,23,25). The van der Waals surface area contributed by atoms with E-state index in [1.54, 1.807) is 24.3 Å². The Balaban J connectivity index is 1.69. The van der Waals surface area contributed by atoms with Gasteiger partial charge in [-0.3, -0.25) is 9.59 Å². The van der Waals surface area contributed by atoms with Crippen molar-refractivity contribution in [3.8, 4) is 0 Å². The minimum Gasteiger partial charge on any atom is -0.324 e. The van der Waals surface area contributed by atoms with E-state index < -0.39 is 11.7 Å². The smallest absolute Gasteiger partial charge is 0.258 e. The zero-order valence-electron chi connectivity index (χ0n) is 14.2. The fourth-order valence-electron chi connectivity index (χ4n) is 2.23. The molecule has 0 saturated carbocycles. The molecule has 2 N–H and O–H groups in total. The highest BCUT2D eigenvalue weighted by Gasteiger charge is 2.09. The maximum Gasteiger partial charge on any atom is 0.258 e. The van der Waals surface area contributed by atoms with E-state index in [-0.39, 0.29) is 22.3 Å². The normalized spacial score (nSPS) is 10.3. The number of aromatic nitrogens is 2. The zero-order valence-corrected chi connectivity index (χ0v) is 14.9. The Bertz CT molecular complexity index is 1010. The first-order valence-corrected chi connectivity index (χ1v) is 8.26. The van der Waals surface area contributed by atoms with Crippen molar-refractivity contribution < 1.29 is 14.0 Å². The van der Waals surface area contributed by atoms with Crippen LogP contribution >= 0.6 is 11.6 Å². The highest BCUT2D eigenvalue weighted by atomic mass is 35.5. The van der Waals surface area contributed by atoms with Gasteiger partial charge in [0.1, 0.15) is 5.82 Å². The Hall–Kier alpha value is -3.32. The van der Waals surface area contributed by atoms with Crippen LogP contribution in [0.1, 0.15) is 27.6 Å². The molecule has 136 valence electrons. The van der Waals surface area contributed by atoms with Crippen molar-refractivity contribution in [1.29, 1.82) is 0 Å². The van der Waals surface area contributed by atoms with E-state index in [1.165, 1.54) is 37.5 Å². The van der Waals surface area contributed by atoms with Gasteiger partial charge in [0, 0.05) is 29.3 Å². The molecule has 0 aliphatic rings. The lowest BCUT2D eigenvalue weighted by molar-refractivity contribution is 0.101. The molecular weight excluding hydrogens is 371 g/mol. The van der Waals surface area contributed by atoms with E-state index in [2.05, 4.69) is 20.6 Å². The summed E-state index contributed by atoms with van der Waals surface area (Å²) in [5.74, 6) is -0.797. The van der Waals surface area contributed by atoms with E-state index in [9.17, 15) is 14.0 Å². The number of nitrogens with one attached hydrogen (secondary N) is 2. The van der Waals surface area contributed by atoms with Gasteiger partial charge in [-0.25, -0.2) is 14.4 Å². The average molecular weight is 385 g/mol. The molecule has 0 aliphatic heterocycles. The third-order valence-corrected chi connectivity index (χ3v) is 3.91. The minimum absolute atomic E-state index is 0.0243. The van der Waals surface area contributed by atoms with E-state index in [4.69, 9.17) is 11.6 Å². The van der Waals surface area contributed by atoms with Crippen LogP contribution in [-0.4, -0.2) is 21.7 Å². The lowest BCUT2D eigenvalue weighted by Gasteiger charge is -2.08. The first kappa shape index (κ1) is 18.5. The predicted molar refractivity (Wildman–Crippen MR) is 101 cm³/mol. The van der Waals surface area contributed by atoms with Crippen molar-refractivity contribution in [2.45, 2.75) is 6.92 Å². The number of amides is 1. The number of hydrogen-bond donors (Lipinski definition) is 2. The van der Waals surface area contributed by atoms with Gasteiger partial charge in [0.15, 0.2) is 5.78 Å². The number of carbonyl (C=O) groups excluding carboxylic acids is 2. The zero-order chi connectivity index (χ0) is 19.4. The molecule has 0 radical (unpaired) electrons. The second-order valence-corrected chi connectivity index (χ2v) is 6.05. The van der Waals surface area contributed by atoms with Crippen LogP contribution in [0.2, 0.25) is 5.02 Å². The lowest BCUT2D eigenvalue weighted by Crippen LogP contribution is -2.13. The number of benzene rings is 2. The average Bonchev–Trinajstić information content (AvgIpc) is 2.65. The molecule has 27 heavy (non-hydrogen) atoms. The summed E-state index contributed by atoms with van der Waals surface area (Å²) in [6, 6.07) is 10.7. The summed E-state index contributed by atoms with van der Waals surface area (Å²) < 4.78 is 13.2. The third kappa shape index (κ3) is 4.65. The first-order chi connectivity index (χ1) is 12.9. The Morgan fingerprint density at radius 1 is 1.00 bits per heavy atom. The van der Waals surface area contributed by atoms with Gasteiger partial charge in [-0.05, 0) is 37.3 Å². The van der Waals surface area contributed by atoms with Crippen LogP contribution < -0.4 is 10.6 Å². The SMILES string of the molecule is CC(=O)c1cccc(NC(=O)c2cnc(Nc3ccc(F)c(Cl)c3)nc2)c1. The molecule has 0 atom stereocenters. The van der Waals surface area contributed by atoms with Crippen molar-refractivity contribution in [1.82, 2.24) is 9.97 Å². The number of rotatable bonds is 5. The summed E-state index contributed by atoms with van der Waals surface area (Å²) in [6.07, 6.45) is 2.70. The first-order valence-electron chi connectivity index (χ1n) is 7.89. The van der Waals surface area contributed by atoms with Crippen LogP contribution in [0, 0.1) is 5.82 Å². The highest BCUT2D eigenvalue weighted by Crippen LogP contribution is 2.21. The fraction of sp³-hybridized carbons (Fsp3) is 0.0526. The number of ketones is 1. The quantitative estimate of drug-likeness (QED) is 0.634. The fourth-order valence-corrected chi connectivity index (χ4v) is 2.41. The van der Waals surface area contributed by atoms with Gasteiger partial charge in [0.05, 0.1) is 10.6 Å². The lowest BCUT2D eigenvalue weighted by atomic mass is 10.1. The van der Waals surface area contributed by atoms with E-state index in [0.29, 0.717) is 16.9 Å². The molecule has 0 bridgehead atoms. The Morgan fingerprint density at radius 2 is 1.74 bits per heavy atom. The van der Waals surface area contributed by atoms with Crippen LogP contribution in [0.3, 0.4) is 0 Å².